The maximum Gasteiger partial charge on any atom is -0.0129 e. The third-order valence-electron chi connectivity index (χ3n) is 2.55. The summed E-state index contributed by atoms with van der Waals surface area (Å²) < 4.78 is 0. The number of hydrogen-bond acceptors (Lipinski definition) is 0. The van der Waals surface area contributed by atoms with Crippen molar-refractivity contribution in [1.82, 2.24) is 0 Å². The fraction of sp³-hybridized carbons (Fsp3) is 0.625. The van der Waals surface area contributed by atoms with E-state index in [1.54, 1.807) is 0 Å². The standard InChI is InChI=1S/C15H24.CH4/c1-14(2,3)11-12-9-7-8-10-13(12)15(4,5)6;/h7-10H,11H2,1-6H3;1H4. The Bertz CT molecular complexity index is 321. The zero-order chi connectivity index (χ0) is 11.7. The molecule has 0 saturated heterocycles. The third kappa shape index (κ3) is 4.38. The first kappa shape index (κ1) is 15.2. The van der Waals surface area contributed by atoms with Gasteiger partial charge in [-0.1, -0.05) is 73.2 Å². The molecule has 0 atom stereocenters. The van der Waals surface area contributed by atoms with Gasteiger partial charge in [0.15, 0.2) is 0 Å². The van der Waals surface area contributed by atoms with Crippen LogP contribution in [-0.4, -0.2) is 0 Å². The molecular formula is C16H28. The highest BCUT2D eigenvalue weighted by Crippen LogP contribution is 2.30. The molecule has 0 aromatic heterocycles. The van der Waals surface area contributed by atoms with Gasteiger partial charge in [-0.3, -0.25) is 0 Å². The van der Waals surface area contributed by atoms with Gasteiger partial charge in [0, 0.05) is 0 Å². The molecule has 0 radical (unpaired) electrons. The predicted molar refractivity (Wildman–Crippen MR) is 75.0 cm³/mol. The van der Waals surface area contributed by atoms with Crippen LogP contribution in [-0.2, 0) is 11.8 Å². The van der Waals surface area contributed by atoms with Crippen molar-refractivity contribution in [2.75, 3.05) is 0 Å². The maximum atomic E-state index is 2.30. The predicted octanol–water partition coefficient (Wildman–Crippen LogP) is 5.21. The minimum Gasteiger partial charge on any atom is -0.0776 e. The average Bonchev–Trinajstić information content (AvgIpc) is 1.99. The summed E-state index contributed by atoms with van der Waals surface area (Å²) in [6, 6.07) is 8.83. The molecule has 0 aliphatic heterocycles. The molecule has 0 aliphatic rings. The number of benzene rings is 1. The van der Waals surface area contributed by atoms with Crippen molar-refractivity contribution in [2.24, 2.45) is 5.41 Å². The van der Waals surface area contributed by atoms with Crippen LogP contribution in [0.1, 0.15) is 60.1 Å². The van der Waals surface area contributed by atoms with Crippen LogP contribution in [0.15, 0.2) is 24.3 Å². The van der Waals surface area contributed by atoms with E-state index in [0.717, 1.165) is 6.42 Å². The van der Waals surface area contributed by atoms with Crippen LogP contribution >= 0.6 is 0 Å². The first-order valence-corrected chi connectivity index (χ1v) is 5.78. The van der Waals surface area contributed by atoms with Crippen molar-refractivity contribution in [3.05, 3.63) is 35.4 Å². The molecule has 0 spiro atoms. The number of hydrogen-bond donors (Lipinski definition) is 0. The van der Waals surface area contributed by atoms with Crippen molar-refractivity contribution >= 4 is 0 Å². The Morgan fingerprint density at radius 3 is 1.81 bits per heavy atom. The summed E-state index contributed by atoms with van der Waals surface area (Å²) >= 11 is 0. The zero-order valence-electron chi connectivity index (χ0n) is 11.0. The minimum absolute atomic E-state index is 0. The van der Waals surface area contributed by atoms with Crippen LogP contribution in [0.3, 0.4) is 0 Å². The van der Waals surface area contributed by atoms with Crippen molar-refractivity contribution < 1.29 is 0 Å². The summed E-state index contributed by atoms with van der Waals surface area (Å²) in [4.78, 5) is 0. The Labute approximate surface area is 102 Å². The highest BCUT2D eigenvalue weighted by molar-refractivity contribution is 5.33. The van der Waals surface area contributed by atoms with Gasteiger partial charge in [0.25, 0.3) is 0 Å². The van der Waals surface area contributed by atoms with E-state index >= 15 is 0 Å². The Morgan fingerprint density at radius 1 is 0.875 bits per heavy atom. The van der Waals surface area contributed by atoms with Crippen molar-refractivity contribution in [1.29, 1.82) is 0 Å². The van der Waals surface area contributed by atoms with Gasteiger partial charge in [0.1, 0.15) is 0 Å². The van der Waals surface area contributed by atoms with Gasteiger partial charge in [-0.25, -0.2) is 0 Å². The molecule has 92 valence electrons. The lowest BCUT2D eigenvalue weighted by Crippen LogP contribution is -2.18. The molecule has 0 bridgehead atoms. The minimum atomic E-state index is 0. The summed E-state index contributed by atoms with van der Waals surface area (Å²) in [6.45, 7) is 13.8. The fourth-order valence-corrected chi connectivity index (χ4v) is 1.98. The van der Waals surface area contributed by atoms with Gasteiger partial charge in [0.05, 0.1) is 0 Å². The average molecular weight is 220 g/mol. The fourth-order valence-electron chi connectivity index (χ4n) is 1.98. The first-order chi connectivity index (χ1) is 6.70. The normalized spacial score (nSPS) is 12.1. The van der Waals surface area contributed by atoms with Crippen LogP contribution in [0.25, 0.3) is 0 Å². The second kappa shape index (κ2) is 5.03. The molecule has 0 fully saturated rings. The Kier molecular flexibility index (Phi) is 4.79. The van der Waals surface area contributed by atoms with E-state index in [-0.39, 0.29) is 12.8 Å². The largest absolute Gasteiger partial charge is 0.0776 e. The van der Waals surface area contributed by atoms with E-state index in [0.29, 0.717) is 5.41 Å². The molecule has 0 heteroatoms. The second-order valence-electron chi connectivity index (χ2n) is 6.64. The van der Waals surface area contributed by atoms with E-state index in [1.165, 1.54) is 11.1 Å². The SMILES string of the molecule is C.CC(C)(C)Cc1ccccc1C(C)(C)C. The van der Waals surface area contributed by atoms with Crippen LogP contribution in [0, 0.1) is 5.41 Å². The highest BCUT2D eigenvalue weighted by atomic mass is 14.2. The molecule has 16 heavy (non-hydrogen) atoms. The topological polar surface area (TPSA) is 0 Å². The Hall–Kier alpha value is -0.780. The van der Waals surface area contributed by atoms with Gasteiger partial charge in [0.2, 0.25) is 0 Å². The lowest BCUT2D eigenvalue weighted by molar-refractivity contribution is 0.406. The van der Waals surface area contributed by atoms with Crippen LogP contribution in [0.4, 0.5) is 0 Å². The van der Waals surface area contributed by atoms with Gasteiger partial charge in [-0.2, -0.15) is 0 Å². The Morgan fingerprint density at radius 2 is 1.38 bits per heavy atom. The van der Waals surface area contributed by atoms with Gasteiger partial charge in [-0.15, -0.1) is 0 Å². The summed E-state index contributed by atoms with van der Waals surface area (Å²) in [6.07, 6.45) is 1.15. The molecule has 0 heterocycles. The van der Waals surface area contributed by atoms with Crippen molar-refractivity contribution in [3.8, 4) is 0 Å². The van der Waals surface area contributed by atoms with Crippen molar-refractivity contribution in [3.63, 3.8) is 0 Å². The molecule has 1 aromatic rings. The molecule has 0 aliphatic carbocycles. The highest BCUT2D eigenvalue weighted by Gasteiger charge is 2.20. The molecular weight excluding hydrogens is 192 g/mol. The second-order valence-corrected chi connectivity index (χ2v) is 6.64. The summed E-state index contributed by atoms with van der Waals surface area (Å²) in [5.74, 6) is 0. The van der Waals surface area contributed by atoms with Crippen LogP contribution in [0.5, 0.6) is 0 Å². The summed E-state index contributed by atoms with van der Waals surface area (Å²) in [5.41, 5.74) is 3.60. The monoisotopic (exact) mass is 220 g/mol. The molecule has 0 amide bonds. The van der Waals surface area contributed by atoms with Crippen LogP contribution in [0.2, 0.25) is 0 Å². The lowest BCUT2D eigenvalue weighted by Gasteiger charge is -2.26. The van der Waals surface area contributed by atoms with E-state index in [9.17, 15) is 0 Å². The van der Waals surface area contributed by atoms with Crippen molar-refractivity contribution in [2.45, 2.75) is 60.8 Å². The maximum absolute atomic E-state index is 2.30. The summed E-state index contributed by atoms with van der Waals surface area (Å²) in [7, 11) is 0. The van der Waals surface area contributed by atoms with Gasteiger partial charge < -0.3 is 0 Å². The van der Waals surface area contributed by atoms with E-state index in [4.69, 9.17) is 0 Å². The molecule has 0 saturated carbocycles. The lowest BCUT2D eigenvalue weighted by atomic mass is 9.78. The van der Waals surface area contributed by atoms with E-state index in [2.05, 4.69) is 65.8 Å². The number of rotatable bonds is 1. The smallest absolute Gasteiger partial charge is 0.0129 e. The van der Waals surface area contributed by atoms with Gasteiger partial charge in [-0.05, 0) is 28.4 Å². The Balaban J connectivity index is 0.00000225. The van der Waals surface area contributed by atoms with Crippen LogP contribution < -0.4 is 0 Å². The molecule has 1 rings (SSSR count). The van der Waals surface area contributed by atoms with E-state index < -0.39 is 0 Å². The van der Waals surface area contributed by atoms with E-state index in [1.807, 2.05) is 0 Å². The molecule has 0 nitrogen and oxygen atoms in total. The molecule has 0 unspecified atom stereocenters. The molecule has 0 N–H and O–H groups in total. The summed E-state index contributed by atoms with van der Waals surface area (Å²) in [5, 5.41) is 0. The van der Waals surface area contributed by atoms with Gasteiger partial charge >= 0.3 is 0 Å². The third-order valence-corrected chi connectivity index (χ3v) is 2.55. The quantitative estimate of drug-likeness (QED) is 0.609. The first-order valence-electron chi connectivity index (χ1n) is 5.78. The molecule has 1 aromatic carbocycles. The zero-order valence-corrected chi connectivity index (χ0v) is 11.0.